The van der Waals surface area contributed by atoms with E-state index in [0.29, 0.717) is 18.4 Å². The molecular formula is C29H29NO. The Bertz CT molecular complexity index is 1100. The Hall–Kier alpha value is -3.13. The van der Waals surface area contributed by atoms with E-state index in [4.69, 9.17) is 0 Å². The van der Waals surface area contributed by atoms with Crippen molar-refractivity contribution in [2.75, 3.05) is 0 Å². The van der Waals surface area contributed by atoms with Gasteiger partial charge in [0.15, 0.2) is 0 Å². The minimum atomic E-state index is 0.0711. The normalized spacial score (nSPS) is 25.0. The van der Waals surface area contributed by atoms with Gasteiger partial charge in [0.1, 0.15) is 0 Å². The number of hydrogen-bond acceptors (Lipinski definition) is 1. The summed E-state index contributed by atoms with van der Waals surface area (Å²) in [6, 6.07) is 27.9. The van der Waals surface area contributed by atoms with E-state index in [0.717, 1.165) is 6.42 Å². The Morgan fingerprint density at radius 3 is 2.45 bits per heavy atom. The van der Waals surface area contributed by atoms with E-state index in [1.807, 2.05) is 6.07 Å². The van der Waals surface area contributed by atoms with E-state index < -0.39 is 0 Å². The number of rotatable bonds is 4. The molecule has 1 saturated heterocycles. The van der Waals surface area contributed by atoms with Crippen LogP contribution in [0.1, 0.15) is 36.1 Å². The van der Waals surface area contributed by atoms with Crippen LogP contribution in [0.2, 0.25) is 0 Å². The highest BCUT2D eigenvalue weighted by molar-refractivity contribution is 5.83. The summed E-state index contributed by atoms with van der Waals surface area (Å²) in [6.07, 6.45) is 5.57. The van der Waals surface area contributed by atoms with Crippen molar-refractivity contribution in [2.24, 2.45) is 17.8 Å². The minimum absolute atomic E-state index is 0.0711. The van der Waals surface area contributed by atoms with Gasteiger partial charge in [0.2, 0.25) is 5.91 Å². The zero-order chi connectivity index (χ0) is 21.4. The van der Waals surface area contributed by atoms with Crippen LogP contribution in [-0.2, 0) is 11.3 Å². The van der Waals surface area contributed by atoms with Gasteiger partial charge in [-0.15, -0.1) is 0 Å². The molecule has 3 aromatic carbocycles. The van der Waals surface area contributed by atoms with Crippen LogP contribution in [0, 0.1) is 24.7 Å². The summed E-state index contributed by atoms with van der Waals surface area (Å²) in [5.41, 5.74) is 6.11. The predicted molar refractivity (Wildman–Crippen MR) is 126 cm³/mol. The first kappa shape index (κ1) is 19.8. The summed E-state index contributed by atoms with van der Waals surface area (Å²) in [5, 5.41) is 0. The van der Waals surface area contributed by atoms with Gasteiger partial charge in [-0.25, -0.2) is 0 Å². The van der Waals surface area contributed by atoms with Gasteiger partial charge in [-0.3, -0.25) is 4.79 Å². The first-order chi connectivity index (χ1) is 15.1. The van der Waals surface area contributed by atoms with Crippen molar-refractivity contribution >= 4 is 5.91 Å². The SMILES string of the molecule is Cc1ccc(-c2cccc([C@H]3[C@@H]4C=CC[C@H](C)[C@H]4C(=O)N3Cc3ccccc3)c2)cc1. The lowest BCUT2D eigenvalue weighted by Gasteiger charge is -2.30. The quantitative estimate of drug-likeness (QED) is 0.448. The highest BCUT2D eigenvalue weighted by atomic mass is 16.2. The topological polar surface area (TPSA) is 20.3 Å². The van der Waals surface area contributed by atoms with Gasteiger partial charge in [-0.05, 0) is 47.6 Å². The Kier molecular flexibility index (Phi) is 5.23. The fourth-order valence-corrected chi connectivity index (χ4v) is 5.35. The molecule has 1 aliphatic heterocycles. The Labute approximate surface area is 185 Å². The van der Waals surface area contributed by atoms with Gasteiger partial charge in [-0.2, -0.15) is 0 Å². The average molecular weight is 408 g/mol. The summed E-state index contributed by atoms with van der Waals surface area (Å²) in [6.45, 7) is 5.00. The lowest BCUT2D eigenvalue weighted by Crippen LogP contribution is -2.30. The summed E-state index contributed by atoms with van der Waals surface area (Å²) < 4.78 is 0. The second-order valence-corrected chi connectivity index (χ2v) is 9.13. The summed E-state index contributed by atoms with van der Waals surface area (Å²) in [5.74, 6) is 0.984. The molecule has 5 rings (SSSR count). The molecular weight excluding hydrogens is 378 g/mol. The molecule has 2 heteroatoms. The van der Waals surface area contributed by atoms with Gasteiger partial charge >= 0.3 is 0 Å². The largest absolute Gasteiger partial charge is 0.330 e. The van der Waals surface area contributed by atoms with Gasteiger partial charge in [0, 0.05) is 18.4 Å². The van der Waals surface area contributed by atoms with Crippen LogP contribution < -0.4 is 0 Å². The maximum absolute atomic E-state index is 13.6. The lowest BCUT2D eigenvalue weighted by atomic mass is 9.75. The van der Waals surface area contributed by atoms with Crippen molar-refractivity contribution in [3.05, 3.63) is 108 Å². The number of fused-ring (bicyclic) bond motifs is 1. The fourth-order valence-electron chi connectivity index (χ4n) is 5.35. The number of carbonyl (C=O) groups is 1. The molecule has 3 aromatic rings. The van der Waals surface area contributed by atoms with Crippen LogP contribution in [0.25, 0.3) is 11.1 Å². The lowest BCUT2D eigenvalue weighted by molar-refractivity contribution is -0.134. The van der Waals surface area contributed by atoms with Crippen LogP contribution >= 0.6 is 0 Å². The van der Waals surface area contributed by atoms with Crippen LogP contribution in [0.5, 0.6) is 0 Å². The molecule has 156 valence electrons. The standard InChI is InChI=1S/C29H29NO/c1-20-14-16-23(17-15-20)24-11-7-12-25(18-24)28-26-13-6-8-21(2)27(26)29(31)30(28)19-22-9-4-3-5-10-22/h3-7,9-18,21,26-28H,8,19H2,1-2H3/t21-,26+,27+,28-/m0/s1. The molecule has 2 nitrogen and oxygen atoms in total. The third kappa shape index (κ3) is 3.72. The number of aryl methyl sites for hydroxylation is 1. The molecule has 0 aromatic heterocycles. The molecule has 0 radical (unpaired) electrons. The molecule has 0 spiro atoms. The maximum atomic E-state index is 13.6. The molecule has 31 heavy (non-hydrogen) atoms. The molecule has 1 aliphatic carbocycles. The Morgan fingerprint density at radius 2 is 1.68 bits per heavy atom. The van der Waals surface area contributed by atoms with E-state index in [-0.39, 0.29) is 17.9 Å². The van der Waals surface area contributed by atoms with Gasteiger partial charge in [0.25, 0.3) is 0 Å². The third-order valence-corrected chi connectivity index (χ3v) is 6.97. The number of hydrogen-bond donors (Lipinski definition) is 0. The highest BCUT2D eigenvalue weighted by Gasteiger charge is 2.50. The van der Waals surface area contributed by atoms with Gasteiger partial charge in [-0.1, -0.05) is 97.4 Å². The Balaban J connectivity index is 1.56. The molecule has 1 fully saturated rings. The summed E-state index contributed by atoms with van der Waals surface area (Å²) in [4.78, 5) is 15.8. The number of nitrogens with zero attached hydrogens (tertiary/aromatic N) is 1. The zero-order valence-corrected chi connectivity index (χ0v) is 18.2. The first-order valence-electron chi connectivity index (χ1n) is 11.3. The van der Waals surface area contributed by atoms with E-state index in [9.17, 15) is 4.79 Å². The van der Waals surface area contributed by atoms with Crippen molar-refractivity contribution in [2.45, 2.75) is 32.9 Å². The summed E-state index contributed by atoms with van der Waals surface area (Å²) >= 11 is 0. The van der Waals surface area contributed by atoms with E-state index >= 15 is 0 Å². The van der Waals surface area contributed by atoms with E-state index in [2.05, 4.69) is 104 Å². The molecule has 0 bridgehead atoms. The van der Waals surface area contributed by atoms with E-state index in [1.165, 1.54) is 27.8 Å². The predicted octanol–water partition coefficient (Wildman–Crippen LogP) is 6.57. The molecule has 0 saturated carbocycles. The van der Waals surface area contributed by atoms with Gasteiger partial charge < -0.3 is 4.90 Å². The second-order valence-electron chi connectivity index (χ2n) is 9.13. The number of allylic oxidation sites excluding steroid dienone is 1. The molecule has 2 aliphatic rings. The number of amides is 1. The van der Waals surface area contributed by atoms with Crippen molar-refractivity contribution in [3.8, 4) is 11.1 Å². The monoisotopic (exact) mass is 407 g/mol. The minimum Gasteiger partial charge on any atom is -0.330 e. The van der Waals surface area contributed by atoms with Crippen LogP contribution in [0.15, 0.2) is 91.0 Å². The van der Waals surface area contributed by atoms with Crippen molar-refractivity contribution in [1.82, 2.24) is 4.90 Å². The molecule has 1 amide bonds. The molecule has 0 N–H and O–H groups in total. The Morgan fingerprint density at radius 1 is 0.903 bits per heavy atom. The zero-order valence-electron chi connectivity index (χ0n) is 18.2. The number of carbonyl (C=O) groups excluding carboxylic acids is 1. The fraction of sp³-hybridized carbons (Fsp3) is 0.276. The molecule has 4 atom stereocenters. The first-order valence-corrected chi connectivity index (χ1v) is 11.3. The van der Waals surface area contributed by atoms with Crippen LogP contribution in [-0.4, -0.2) is 10.8 Å². The summed E-state index contributed by atoms with van der Waals surface area (Å²) in [7, 11) is 0. The average Bonchev–Trinajstić information content (AvgIpc) is 3.07. The van der Waals surface area contributed by atoms with Crippen LogP contribution in [0.3, 0.4) is 0 Å². The van der Waals surface area contributed by atoms with Crippen molar-refractivity contribution in [3.63, 3.8) is 0 Å². The smallest absolute Gasteiger partial charge is 0.227 e. The third-order valence-electron chi connectivity index (χ3n) is 6.97. The van der Waals surface area contributed by atoms with Gasteiger partial charge in [0.05, 0.1) is 6.04 Å². The van der Waals surface area contributed by atoms with Crippen molar-refractivity contribution in [1.29, 1.82) is 0 Å². The molecule has 1 heterocycles. The number of benzene rings is 3. The maximum Gasteiger partial charge on any atom is 0.227 e. The molecule has 0 unspecified atom stereocenters. The number of likely N-dealkylation sites (tertiary alicyclic amines) is 1. The second kappa shape index (κ2) is 8.19. The van der Waals surface area contributed by atoms with Crippen LogP contribution in [0.4, 0.5) is 0 Å². The van der Waals surface area contributed by atoms with Crippen molar-refractivity contribution < 1.29 is 4.79 Å². The van der Waals surface area contributed by atoms with E-state index in [1.54, 1.807) is 0 Å². The highest BCUT2D eigenvalue weighted by Crippen LogP contribution is 2.49.